The molecule has 0 aliphatic rings. The summed E-state index contributed by atoms with van der Waals surface area (Å²) in [6, 6.07) is 0. The summed E-state index contributed by atoms with van der Waals surface area (Å²) in [5.74, 6) is 0. The van der Waals surface area contributed by atoms with Crippen molar-refractivity contribution in [1.29, 1.82) is 0 Å². The Bertz CT molecular complexity index is 422. The minimum atomic E-state index is -1.66. The van der Waals surface area contributed by atoms with E-state index in [-0.39, 0.29) is 5.04 Å². The van der Waals surface area contributed by atoms with Crippen LogP contribution in [0, 0.1) is 6.92 Å². The summed E-state index contributed by atoms with van der Waals surface area (Å²) in [5.41, 5.74) is 1.03. The standard InChI is InChI=1S/C14H27NO2SSi/c1-10-12(18-13(15-10)11(2)16)8-9-17-19(6,7)14(3,4)5/h11,16H,8-9H2,1-7H3. The second kappa shape index (κ2) is 6.04. The van der Waals surface area contributed by atoms with Crippen LogP contribution in [0.3, 0.4) is 0 Å². The van der Waals surface area contributed by atoms with E-state index in [2.05, 4.69) is 38.8 Å². The maximum atomic E-state index is 9.55. The van der Waals surface area contributed by atoms with Gasteiger partial charge in [0.2, 0.25) is 0 Å². The highest BCUT2D eigenvalue weighted by Crippen LogP contribution is 2.36. The molecule has 1 N–H and O–H groups in total. The Kier molecular flexibility index (Phi) is 5.34. The molecule has 19 heavy (non-hydrogen) atoms. The zero-order valence-electron chi connectivity index (χ0n) is 13.2. The van der Waals surface area contributed by atoms with E-state index >= 15 is 0 Å². The van der Waals surface area contributed by atoms with Gasteiger partial charge in [0.05, 0.1) is 5.69 Å². The molecule has 0 fully saturated rings. The third kappa shape index (κ3) is 4.38. The molecular formula is C14H27NO2SSi. The monoisotopic (exact) mass is 301 g/mol. The molecule has 0 aliphatic carbocycles. The van der Waals surface area contributed by atoms with Gasteiger partial charge >= 0.3 is 0 Å². The molecule has 1 heterocycles. The third-order valence-corrected chi connectivity index (χ3v) is 9.79. The van der Waals surface area contributed by atoms with Crippen molar-refractivity contribution in [1.82, 2.24) is 4.98 Å². The van der Waals surface area contributed by atoms with Crippen LogP contribution in [-0.2, 0) is 10.8 Å². The van der Waals surface area contributed by atoms with Crippen LogP contribution in [0.25, 0.3) is 0 Å². The first kappa shape index (κ1) is 16.8. The lowest BCUT2D eigenvalue weighted by atomic mass is 10.2. The van der Waals surface area contributed by atoms with Crippen LogP contribution in [-0.4, -0.2) is 25.0 Å². The lowest BCUT2D eigenvalue weighted by Crippen LogP contribution is -2.41. The van der Waals surface area contributed by atoms with Gasteiger partial charge in [-0.2, -0.15) is 0 Å². The predicted molar refractivity (Wildman–Crippen MR) is 84.3 cm³/mol. The first-order valence-electron chi connectivity index (χ1n) is 6.83. The lowest BCUT2D eigenvalue weighted by Gasteiger charge is -2.36. The van der Waals surface area contributed by atoms with E-state index in [4.69, 9.17) is 4.43 Å². The van der Waals surface area contributed by atoms with Crippen LogP contribution in [0.1, 0.15) is 49.4 Å². The van der Waals surface area contributed by atoms with Crippen molar-refractivity contribution in [3.8, 4) is 0 Å². The molecule has 1 aromatic heterocycles. The fourth-order valence-corrected chi connectivity index (χ4v) is 3.51. The van der Waals surface area contributed by atoms with E-state index in [1.54, 1.807) is 18.3 Å². The molecule has 3 nitrogen and oxygen atoms in total. The number of aromatic nitrogens is 1. The molecule has 1 rings (SSSR count). The van der Waals surface area contributed by atoms with Gasteiger partial charge in [-0.3, -0.25) is 0 Å². The van der Waals surface area contributed by atoms with E-state index in [0.717, 1.165) is 23.7 Å². The highest BCUT2D eigenvalue weighted by atomic mass is 32.1. The van der Waals surface area contributed by atoms with Crippen LogP contribution < -0.4 is 0 Å². The van der Waals surface area contributed by atoms with E-state index < -0.39 is 14.4 Å². The number of nitrogens with zero attached hydrogens (tertiary/aromatic N) is 1. The summed E-state index contributed by atoms with van der Waals surface area (Å²) < 4.78 is 6.18. The largest absolute Gasteiger partial charge is 0.416 e. The van der Waals surface area contributed by atoms with E-state index in [1.165, 1.54) is 4.88 Å². The molecule has 0 saturated heterocycles. The minimum absolute atomic E-state index is 0.251. The highest BCUT2D eigenvalue weighted by molar-refractivity contribution is 7.11. The number of rotatable bonds is 5. The molecule has 1 aromatic rings. The molecule has 0 bridgehead atoms. The normalized spacial score (nSPS) is 14.7. The van der Waals surface area contributed by atoms with Gasteiger partial charge < -0.3 is 9.53 Å². The van der Waals surface area contributed by atoms with E-state index in [1.807, 2.05) is 6.92 Å². The smallest absolute Gasteiger partial charge is 0.191 e. The lowest BCUT2D eigenvalue weighted by molar-refractivity contribution is 0.198. The molecule has 0 aliphatic heterocycles. The van der Waals surface area contributed by atoms with Gasteiger partial charge in [0.25, 0.3) is 0 Å². The Morgan fingerprint density at radius 3 is 2.37 bits per heavy atom. The Balaban J connectivity index is 2.59. The third-order valence-electron chi connectivity index (χ3n) is 3.86. The van der Waals surface area contributed by atoms with Gasteiger partial charge in [-0.05, 0) is 32.0 Å². The molecule has 0 aromatic carbocycles. The molecule has 5 heteroatoms. The number of thiazole rings is 1. The average Bonchev–Trinajstić information content (AvgIpc) is 2.58. The molecule has 0 saturated carbocycles. The van der Waals surface area contributed by atoms with Crippen LogP contribution in [0.15, 0.2) is 0 Å². The van der Waals surface area contributed by atoms with Gasteiger partial charge in [-0.1, -0.05) is 20.8 Å². The topological polar surface area (TPSA) is 42.4 Å². The fraction of sp³-hybridized carbons (Fsp3) is 0.786. The summed E-state index contributed by atoms with van der Waals surface area (Å²) >= 11 is 1.60. The van der Waals surface area contributed by atoms with Gasteiger partial charge in [-0.15, -0.1) is 11.3 Å². The zero-order chi connectivity index (χ0) is 14.8. The second-order valence-electron chi connectivity index (χ2n) is 6.60. The summed E-state index contributed by atoms with van der Waals surface area (Å²) in [6.45, 7) is 15.8. The maximum Gasteiger partial charge on any atom is 0.191 e. The van der Waals surface area contributed by atoms with E-state index in [9.17, 15) is 5.11 Å². The quantitative estimate of drug-likeness (QED) is 0.834. The summed E-state index contributed by atoms with van der Waals surface area (Å²) in [5, 5.41) is 10.6. The molecule has 0 radical (unpaired) electrons. The Morgan fingerprint density at radius 1 is 1.37 bits per heavy atom. The average molecular weight is 302 g/mol. The van der Waals surface area contributed by atoms with Crippen LogP contribution >= 0.6 is 11.3 Å². The summed E-state index contributed by atoms with van der Waals surface area (Å²) in [6.07, 6.45) is 0.418. The van der Waals surface area contributed by atoms with Crippen molar-refractivity contribution in [2.45, 2.75) is 65.3 Å². The number of aryl methyl sites for hydroxylation is 1. The molecule has 0 spiro atoms. The van der Waals surface area contributed by atoms with Crippen LogP contribution in [0.4, 0.5) is 0 Å². The first-order chi connectivity index (χ1) is 8.54. The zero-order valence-corrected chi connectivity index (χ0v) is 15.0. The molecule has 110 valence electrons. The predicted octanol–water partition coefficient (Wildman–Crippen LogP) is 4.07. The molecule has 0 amide bonds. The van der Waals surface area contributed by atoms with Crippen molar-refractivity contribution >= 4 is 19.7 Å². The van der Waals surface area contributed by atoms with Crippen LogP contribution in [0.2, 0.25) is 18.1 Å². The van der Waals surface area contributed by atoms with E-state index in [0.29, 0.717) is 0 Å². The molecule has 1 unspecified atom stereocenters. The molecule has 1 atom stereocenters. The van der Waals surface area contributed by atoms with Gasteiger partial charge in [0.1, 0.15) is 11.1 Å². The fourth-order valence-electron chi connectivity index (χ4n) is 1.48. The molecular weight excluding hydrogens is 274 g/mol. The number of aliphatic hydroxyl groups is 1. The number of hydrogen-bond donors (Lipinski definition) is 1. The maximum absolute atomic E-state index is 9.55. The van der Waals surface area contributed by atoms with Crippen LogP contribution in [0.5, 0.6) is 0 Å². The Labute approximate surface area is 122 Å². The highest BCUT2D eigenvalue weighted by Gasteiger charge is 2.36. The van der Waals surface area contributed by atoms with Crippen molar-refractivity contribution in [2.75, 3.05) is 6.61 Å². The van der Waals surface area contributed by atoms with Crippen molar-refractivity contribution in [2.24, 2.45) is 0 Å². The van der Waals surface area contributed by atoms with Gasteiger partial charge in [-0.25, -0.2) is 4.98 Å². The Morgan fingerprint density at radius 2 is 1.95 bits per heavy atom. The van der Waals surface area contributed by atoms with Crippen molar-refractivity contribution in [3.63, 3.8) is 0 Å². The van der Waals surface area contributed by atoms with Crippen molar-refractivity contribution in [3.05, 3.63) is 15.6 Å². The van der Waals surface area contributed by atoms with Gasteiger partial charge in [0.15, 0.2) is 8.32 Å². The SMILES string of the molecule is Cc1nc(C(C)O)sc1CCO[Si](C)(C)C(C)(C)C. The van der Waals surface area contributed by atoms with Crippen molar-refractivity contribution < 1.29 is 9.53 Å². The summed E-state index contributed by atoms with van der Waals surface area (Å²) in [7, 11) is -1.66. The second-order valence-corrected chi connectivity index (χ2v) is 12.5. The first-order valence-corrected chi connectivity index (χ1v) is 10.6. The van der Waals surface area contributed by atoms with Gasteiger partial charge in [0, 0.05) is 17.9 Å². The summed E-state index contributed by atoms with van der Waals surface area (Å²) in [4.78, 5) is 5.63. The number of hydrogen-bond acceptors (Lipinski definition) is 4. The Hall–Kier alpha value is -0.233. The minimum Gasteiger partial charge on any atom is -0.416 e. The number of aliphatic hydroxyl groups excluding tert-OH is 1.